The first-order valence-electron chi connectivity index (χ1n) is 10.00. The van der Waals surface area contributed by atoms with Gasteiger partial charge >= 0.3 is 0 Å². The van der Waals surface area contributed by atoms with Gasteiger partial charge in [-0.05, 0) is 49.1 Å². The minimum absolute atomic E-state index is 0.129. The van der Waals surface area contributed by atoms with Gasteiger partial charge in [0.25, 0.3) is 0 Å². The van der Waals surface area contributed by atoms with Gasteiger partial charge in [-0.2, -0.15) is 10.2 Å². The van der Waals surface area contributed by atoms with Gasteiger partial charge in [0.2, 0.25) is 5.95 Å². The molecule has 0 radical (unpaired) electrons. The molecule has 6 nitrogen and oxygen atoms in total. The number of aliphatic hydroxyl groups is 1. The summed E-state index contributed by atoms with van der Waals surface area (Å²) in [6.45, 7) is 6.33. The van der Waals surface area contributed by atoms with Crippen LogP contribution in [0.15, 0.2) is 24.4 Å². The van der Waals surface area contributed by atoms with Crippen molar-refractivity contribution in [2.75, 3.05) is 17.2 Å². The predicted octanol–water partition coefficient (Wildman–Crippen LogP) is 3.80. The normalized spacial score (nSPS) is 20.7. The number of nitrogens with zero attached hydrogens (tertiary/aromatic N) is 3. The standard InChI is InChI=1S/C22H28FN5O/c1-14-5-4-6-15(19(14)23)9-10-25-21-26-13-16(12-24)20(28-21)27-17-7-8-18(29)22(2,3)11-17/h4-6,13,17-18,29H,7-11H2,1-3H3,(H2,25,26,27,28)/t17-,18+/m1/s1. The monoisotopic (exact) mass is 397 g/mol. The van der Waals surface area contributed by atoms with Gasteiger partial charge in [0, 0.05) is 12.6 Å². The molecule has 29 heavy (non-hydrogen) atoms. The van der Waals surface area contributed by atoms with Crippen LogP contribution in [-0.2, 0) is 6.42 Å². The number of aromatic nitrogens is 2. The summed E-state index contributed by atoms with van der Waals surface area (Å²) in [6.07, 6.45) is 4.00. The largest absolute Gasteiger partial charge is 0.393 e. The molecule has 1 aromatic heterocycles. The highest BCUT2D eigenvalue weighted by molar-refractivity contribution is 5.54. The predicted molar refractivity (Wildman–Crippen MR) is 111 cm³/mol. The molecule has 1 aliphatic rings. The third kappa shape index (κ3) is 5.01. The summed E-state index contributed by atoms with van der Waals surface area (Å²) in [5.41, 5.74) is 1.47. The minimum atomic E-state index is -0.319. The molecule has 0 amide bonds. The molecule has 1 aliphatic carbocycles. The zero-order valence-electron chi connectivity index (χ0n) is 17.2. The van der Waals surface area contributed by atoms with E-state index in [1.807, 2.05) is 19.9 Å². The SMILES string of the molecule is Cc1cccc(CCNc2ncc(C#N)c(N[C@@H]3CC[C@H](O)C(C)(C)C3)n2)c1F. The fraction of sp³-hybridized carbons (Fsp3) is 0.500. The molecule has 7 heteroatoms. The van der Waals surface area contributed by atoms with E-state index in [9.17, 15) is 14.8 Å². The number of nitriles is 1. The number of hydrogen-bond acceptors (Lipinski definition) is 6. The smallest absolute Gasteiger partial charge is 0.224 e. The Morgan fingerprint density at radius 3 is 2.86 bits per heavy atom. The van der Waals surface area contributed by atoms with Crippen LogP contribution in [0.3, 0.4) is 0 Å². The lowest BCUT2D eigenvalue weighted by molar-refractivity contribution is 0.00926. The summed E-state index contributed by atoms with van der Waals surface area (Å²) in [5, 5.41) is 26.0. The molecule has 0 unspecified atom stereocenters. The number of rotatable bonds is 6. The minimum Gasteiger partial charge on any atom is -0.393 e. The first-order valence-corrected chi connectivity index (χ1v) is 10.00. The Morgan fingerprint density at radius 2 is 2.14 bits per heavy atom. The number of nitrogens with one attached hydrogen (secondary N) is 2. The zero-order chi connectivity index (χ0) is 21.0. The maximum absolute atomic E-state index is 14.1. The average molecular weight is 397 g/mol. The fourth-order valence-electron chi connectivity index (χ4n) is 3.81. The summed E-state index contributed by atoms with van der Waals surface area (Å²) in [7, 11) is 0. The molecule has 2 aromatic rings. The summed E-state index contributed by atoms with van der Waals surface area (Å²) < 4.78 is 14.1. The van der Waals surface area contributed by atoms with E-state index in [4.69, 9.17) is 0 Å². The Kier molecular flexibility index (Phi) is 6.33. The van der Waals surface area contributed by atoms with Gasteiger partial charge in [0.05, 0.1) is 12.3 Å². The molecule has 3 N–H and O–H groups in total. The number of hydrogen-bond donors (Lipinski definition) is 3. The Bertz CT molecular complexity index is 909. The molecule has 1 fully saturated rings. The molecule has 1 saturated carbocycles. The summed E-state index contributed by atoms with van der Waals surface area (Å²) in [6, 6.07) is 7.62. The van der Waals surface area contributed by atoms with Crippen LogP contribution in [0, 0.1) is 29.5 Å². The molecule has 0 spiro atoms. The molecule has 154 valence electrons. The number of aryl methyl sites for hydroxylation is 1. The van der Waals surface area contributed by atoms with Crippen molar-refractivity contribution in [2.24, 2.45) is 5.41 Å². The zero-order valence-corrected chi connectivity index (χ0v) is 17.2. The maximum Gasteiger partial charge on any atom is 0.224 e. The Balaban J connectivity index is 1.66. The van der Waals surface area contributed by atoms with Crippen molar-refractivity contribution < 1.29 is 9.50 Å². The second-order valence-corrected chi connectivity index (χ2v) is 8.42. The van der Waals surface area contributed by atoms with Gasteiger partial charge < -0.3 is 15.7 Å². The average Bonchev–Trinajstić information content (AvgIpc) is 2.68. The van der Waals surface area contributed by atoms with Gasteiger partial charge in [-0.1, -0.05) is 32.0 Å². The Hall–Kier alpha value is -2.72. The number of anilines is 2. The summed E-state index contributed by atoms with van der Waals surface area (Å²) >= 11 is 0. The highest BCUT2D eigenvalue weighted by Crippen LogP contribution is 2.36. The van der Waals surface area contributed by atoms with E-state index < -0.39 is 0 Å². The summed E-state index contributed by atoms with van der Waals surface area (Å²) in [4.78, 5) is 8.66. The molecule has 0 aliphatic heterocycles. The van der Waals surface area contributed by atoms with E-state index in [1.165, 1.54) is 6.20 Å². The van der Waals surface area contributed by atoms with E-state index in [0.29, 0.717) is 47.8 Å². The molecule has 1 heterocycles. The van der Waals surface area contributed by atoms with Crippen LogP contribution < -0.4 is 10.6 Å². The molecule has 1 aromatic carbocycles. The Labute approximate surface area is 171 Å². The van der Waals surface area contributed by atoms with Crippen molar-refractivity contribution in [1.29, 1.82) is 5.26 Å². The third-order valence-corrected chi connectivity index (χ3v) is 5.66. The van der Waals surface area contributed by atoms with Gasteiger partial charge in [-0.15, -0.1) is 0 Å². The third-order valence-electron chi connectivity index (χ3n) is 5.66. The second kappa shape index (κ2) is 8.75. The van der Waals surface area contributed by atoms with Crippen LogP contribution in [0.25, 0.3) is 0 Å². The van der Waals surface area contributed by atoms with E-state index in [1.54, 1.807) is 19.1 Å². The van der Waals surface area contributed by atoms with Gasteiger partial charge in [-0.25, -0.2) is 9.37 Å². The van der Waals surface area contributed by atoms with Crippen molar-refractivity contribution in [2.45, 2.75) is 58.6 Å². The maximum atomic E-state index is 14.1. The highest BCUT2D eigenvalue weighted by Gasteiger charge is 2.35. The molecule has 0 saturated heterocycles. The quantitative estimate of drug-likeness (QED) is 0.686. The van der Waals surface area contributed by atoms with Gasteiger partial charge in [0.1, 0.15) is 23.3 Å². The van der Waals surface area contributed by atoms with Crippen molar-refractivity contribution in [3.63, 3.8) is 0 Å². The first kappa shape index (κ1) is 21.0. The van der Waals surface area contributed by atoms with E-state index >= 15 is 0 Å². The molecular weight excluding hydrogens is 369 g/mol. The number of aliphatic hydroxyl groups excluding tert-OH is 1. The van der Waals surface area contributed by atoms with Crippen LogP contribution in [0.5, 0.6) is 0 Å². The Morgan fingerprint density at radius 1 is 1.34 bits per heavy atom. The summed E-state index contributed by atoms with van der Waals surface area (Å²) in [5.74, 6) is 0.707. The lowest BCUT2D eigenvalue weighted by Gasteiger charge is -2.40. The number of halogens is 1. The van der Waals surface area contributed by atoms with Gasteiger partial charge in [-0.3, -0.25) is 0 Å². The highest BCUT2D eigenvalue weighted by atomic mass is 19.1. The topological polar surface area (TPSA) is 93.9 Å². The van der Waals surface area contributed by atoms with E-state index in [-0.39, 0.29) is 23.4 Å². The van der Waals surface area contributed by atoms with E-state index in [0.717, 1.165) is 12.8 Å². The molecular formula is C22H28FN5O. The van der Waals surface area contributed by atoms with Crippen molar-refractivity contribution in [3.05, 3.63) is 46.9 Å². The van der Waals surface area contributed by atoms with Crippen LogP contribution in [-0.4, -0.2) is 33.8 Å². The molecule has 0 bridgehead atoms. The molecule has 3 rings (SSSR count). The lowest BCUT2D eigenvalue weighted by Crippen LogP contribution is -2.41. The van der Waals surface area contributed by atoms with Crippen molar-refractivity contribution in [1.82, 2.24) is 9.97 Å². The number of benzene rings is 1. The van der Waals surface area contributed by atoms with Crippen molar-refractivity contribution in [3.8, 4) is 6.07 Å². The second-order valence-electron chi connectivity index (χ2n) is 8.42. The first-order chi connectivity index (χ1) is 13.8. The van der Waals surface area contributed by atoms with Crippen LogP contribution in [0.1, 0.15) is 49.8 Å². The van der Waals surface area contributed by atoms with Crippen LogP contribution >= 0.6 is 0 Å². The van der Waals surface area contributed by atoms with E-state index in [2.05, 4.69) is 26.7 Å². The fourth-order valence-corrected chi connectivity index (χ4v) is 3.81. The van der Waals surface area contributed by atoms with Crippen LogP contribution in [0.4, 0.5) is 16.2 Å². The van der Waals surface area contributed by atoms with Gasteiger partial charge in [0.15, 0.2) is 0 Å². The lowest BCUT2D eigenvalue weighted by atomic mass is 9.73. The molecule has 2 atom stereocenters. The van der Waals surface area contributed by atoms with Crippen LogP contribution in [0.2, 0.25) is 0 Å². The van der Waals surface area contributed by atoms with Crippen molar-refractivity contribution >= 4 is 11.8 Å².